The quantitative estimate of drug-likeness (QED) is 0.802. The van der Waals surface area contributed by atoms with Gasteiger partial charge >= 0.3 is 5.97 Å². The van der Waals surface area contributed by atoms with Crippen molar-refractivity contribution >= 4 is 21.9 Å². The summed E-state index contributed by atoms with van der Waals surface area (Å²) in [5, 5.41) is 4.00. The van der Waals surface area contributed by atoms with E-state index in [9.17, 15) is 4.79 Å². The van der Waals surface area contributed by atoms with Gasteiger partial charge in [0, 0.05) is 16.5 Å². The van der Waals surface area contributed by atoms with Crippen LogP contribution in [0.25, 0.3) is 11.3 Å². The highest BCUT2D eigenvalue weighted by Gasteiger charge is 2.24. The zero-order valence-corrected chi connectivity index (χ0v) is 12.4. The van der Waals surface area contributed by atoms with Gasteiger partial charge in [0.1, 0.15) is 11.3 Å². The Balaban J connectivity index is 2.52. The van der Waals surface area contributed by atoms with E-state index in [1.54, 1.807) is 6.92 Å². The van der Waals surface area contributed by atoms with Crippen molar-refractivity contribution in [3.63, 3.8) is 0 Å². The Labute approximate surface area is 119 Å². The number of aromatic nitrogens is 1. The number of halogens is 1. The van der Waals surface area contributed by atoms with E-state index in [2.05, 4.69) is 21.1 Å². The minimum absolute atomic E-state index is 0.324. The maximum absolute atomic E-state index is 12.0. The van der Waals surface area contributed by atoms with Gasteiger partial charge in [-0.2, -0.15) is 0 Å². The van der Waals surface area contributed by atoms with Gasteiger partial charge in [-0.3, -0.25) is 0 Å². The first-order valence-corrected chi connectivity index (χ1v) is 6.88. The number of carbonyl (C=O) groups excluding carboxylic acids is 1. The van der Waals surface area contributed by atoms with E-state index < -0.39 is 5.97 Å². The van der Waals surface area contributed by atoms with Crippen LogP contribution in [-0.2, 0) is 11.2 Å². The van der Waals surface area contributed by atoms with E-state index in [0.29, 0.717) is 30.0 Å². The van der Waals surface area contributed by atoms with Gasteiger partial charge in [0.05, 0.1) is 6.61 Å². The standard InChI is InChI=1S/C14H14BrNO3/c1-3-11-12(14(17)18-4-2)13(16-19-11)9-6-5-7-10(15)8-9/h5-8H,3-4H2,1-2H3. The van der Waals surface area contributed by atoms with E-state index in [0.717, 1.165) is 10.0 Å². The van der Waals surface area contributed by atoms with Gasteiger partial charge in [-0.05, 0) is 19.1 Å². The summed E-state index contributed by atoms with van der Waals surface area (Å²) in [6.07, 6.45) is 0.592. The van der Waals surface area contributed by atoms with E-state index in [4.69, 9.17) is 9.26 Å². The minimum atomic E-state index is -0.393. The third-order valence-corrected chi connectivity index (χ3v) is 3.15. The third-order valence-electron chi connectivity index (χ3n) is 2.66. The summed E-state index contributed by atoms with van der Waals surface area (Å²) in [7, 11) is 0. The first-order valence-electron chi connectivity index (χ1n) is 6.09. The first kappa shape index (κ1) is 13.8. The Morgan fingerprint density at radius 3 is 2.84 bits per heavy atom. The maximum atomic E-state index is 12.0. The lowest BCUT2D eigenvalue weighted by Gasteiger charge is -2.03. The van der Waals surface area contributed by atoms with Crippen LogP contribution in [0, 0.1) is 0 Å². The number of aryl methyl sites for hydroxylation is 1. The molecule has 2 rings (SSSR count). The van der Waals surface area contributed by atoms with Crippen molar-refractivity contribution in [3.8, 4) is 11.3 Å². The van der Waals surface area contributed by atoms with Crippen molar-refractivity contribution in [1.29, 1.82) is 0 Å². The van der Waals surface area contributed by atoms with Crippen LogP contribution < -0.4 is 0 Å². The molecule has 4 nitrogen and oxygen atoms in total. The Hall–Kier alpha value is -1.62. The molecule has 1 aromatic carbocycles. The van der Waals surface area contributed by atoms with Crippen molar-refractivity contribution in [2.75, 3.05) is 6.61 Å². The summed E-state index contributed by atoms with van der Waals surface area (Å²) in [5.41, 5.74) is 1.76. The number of nitrogens with zero attached hydrogens (tertiary/aromatic N) is 1. The molecule has 0 aliphatic heterocycles. The highest BCUT2D eigenvalue weighted by atomic mass is 79.9. The molecule has 0 aliphatic rings. The lowest BCUT2D eigenvalue weighted by atomic mass is 10.1. The molecule has 0 unspecified atom stereocenters. The number of benzene rings is 1. The lowest BCUT2D eigenvalue weighted by Crippen LogP contribution is -2.07. The predicted molar refractivity (Wildman–Crippen MR) is 75.0 cm³/mol. The Morgan fingerprint density at radius 2 is 2.21 bits per heavy atom. The van der Waals surface area contributed by atoms with Crippen LogP contribution in [0.4, 0.5) is 0 Å². The van der Waals surface area contributed by atoms with Crippen LogP contribution >= 0.6 is 15.9 Å². The molecule has 2 aromatic rings. The van der Waals surface area contributed by atoms with Crippen LogP contribution in [-0.4, -0.2) is 17.7 Å². The molecule has 0 bridgehead atoms. The van der Waals surface area contributed by atoms with Gasteiger partial charge in [0.25, 0.3) is 0 Å². The van der Waals surface area contributed by atoms with Gasteiger partial charge in [-0.25, -0.2) is 4.79 Å². The normalized spacial score (nSPS) is 10.5. The molecular weight excluding hydrogens is 310 g/mol. The van der Waals surface area contributed by atoms with Crippen molar-refractivity contribution in [2.45, 2.75) is 20.3 Å². The van der Waals surface area contributed by atoms with Gasteiger partial charge in [-0.15, -0.1) is 0 Å². The molecule has 0 aliphatic carbocycles. The number of rotatable bonds is 4. The molecule has 0 N–H and O–H groups in total. The molecule has 1 aromatic heterocycles. The van der Waals surface area contributed by atoms with Gasteiger partial charge in [-0.1, -0.05) is 40.1 Å². The predicted octanol–water partition coefficient (Wildman–Crippen LogP) is 3.84. The number of hydrogen-bond donors (Lipinski definition) is 0. The van der Waals surface area contributed by atoms with Crippen molar-refractivity contribution in [1.82, 2.24) is 5.16 Å². The molecule has 0 atom stereocenters. The number of hydrogen-bond acceptors (Lipinski definition) is 4. The zero-order valence-electron chi connectivity index (χ0n) is 10.8. The van der Waals surface area contributed by atoms with Gasteiger partial charge < -0.3 is 9.26 Å². The average Bonchev–Trinajstić information content (AvgIpc) is 2.82. The molecule has 0 saturated heterocycles. The van der Waals surface area contributed by atoms with E-state index in [-0.39, 0.29) is 0 Å². The fourth-order valence-electron chi connectivity index (χ4n) is 1.81. The largest absolute Gasteiger partial charge is 0.462 e. The van der Waals surface area contributed by atoms with Crippen LogP contribution in [0.2, 0.25) is 0 Å². The summed E-state index contributed by atoms with van der Waals surface area (Å²) in [4.78, 5) is 12.0. The van der Waals surface area contributed by atoms with Crippen molar-refractivity contribution < 1.29 is 14.1 Å². The topological polar surface area (TPSA) is 52.3 Å². The van der Waals surface area contributed by atoms with E-state index >= 15 is 0 Å². The summed E-state index contributed by atoms with van der Waals surface area (Å²) in [5.74, 6) is 0.156. The summed E-state index contributed by atoms with van der Waals surface area (Å²) >= 11 is 3.40. The molecule has 19 heavy (non-hydrogen) atoms. The SMILES string of the molecule is CCOC(=O)c1c(-c2cccc(Br)c2)noc1CC. The lowest BCUT2D eigenvalue weighted by molar-refractivity contribution is 0.0524. The summed E-state index contributed by atoms with van der Waals surface area (Å²) in [6.45, 7) is 4.01. The van der Waals surface area contributed by atoms with E-state index in [1.807, 2.05) is 31.2 Å². The minimum Gasteiger partial charge on any atom is -0.462 e. The number of esters is 1. The zero-order chi connectivity index (χ0) is 13.8. The molecule has 100 valence electrons. The molecule has 0 spiro atoms. The third kappa shape index (κ3) is 2.87. The second kappa shape index (κ2) is 6.02. The van der Waals surface area contributed by atoms with Crippen LogP contribution in [0.1, 0.15) is 30.0 Å². The van der Waals surface area contributed by atoms with Gasteiger partial charge in [0.2, 0.25) is 0 Å². The molecule has 0 amide bonds. The van der Waals surface area contributed by atoms with Crippen LogP contribution in [0.3, 0.4) is 0 Å². The number of ether oxygens (including phenoxy) is 1. The Bertz CT molecular complexity index is 592. The first-order chi connectivity index (χ1) is 9.17. The second-order valence-electron chi connectivity index (χ2n) is 3.91. The van der Waals surface area contributed by atoms with Gasteiger partial charge in [0.15, 0.2) is 5.76 Å². The van der Waals surface area contributed by atoms with Crippen molar-refractivity contribution in [3.05, 3.63) is 40.1 Å². The molecular formula is C14H14BrNO3. The maximum Gasteiger partial charge on any atom is 0.344 e. The second-order valence-corrected chi connectivity index (χ2v) is 4.83. The van der Waals surface area contributed by atoms with Crippen LogP contribution in [0.5, 0.6) is 0 Å². The Kier molecular flexibility index (Phi) is 4.37. The highest BCUT2D eigenvalue weighted by Crippen LogP contribution is 2.28. The van der Waals surface area contributed by atoms with E-state index in [1.165, 1.54) is 0 Å². The summed E-state index contributed by atoms with van der Waals surface area (Å²) < 4.78 is 11.2. The molecule has 1 heterocycles. The number of carbonyl (C=O) groups is 1. The summed E-state index contributed by atoms with van der Waals surface area (Å²) in [6, 6.07) is 7.56. The molecule has 0 fully saturated rings. The fraction of sp³-hybridized carbons (Fsp3) is 0.286. The highest BCUT2D eigenvalue weighted by molar-refractivity contribution is 9.10. The average molecular weight is 324 g/mol. The molecule has 0 saturated carbocycles. The molecule has 0 radical (unpaired) electrons. The smallest absolute Gasteiger partial charge is 0.344 e. The van der Waals surface area contributed by atoms with Crippen molar-refractivity contribution in [2.24, 2.45) is 0 Å². The molecule has 5 heteroatoms. The fourth-order valence-corrected chi connectivity index (χ4v) is 2.21. The Morgan fingerprint density at radius 1 is 1.42 bits per heavy atom. The monoisotopic (exact) mass is 323 g/mol. The van der Waals surface area contributed by atoms with Crippen LogP contribution in [0.15, 0.2) is 33.3 Å².